The molecule has 0 aliphatic rings. The first kappa shape index (κ1) is 23.1. The maximum absolute atomic E-state index is 9.79. The number of carbonyl (C=O) groups is 2. The lowest BCUT2D eigenvalue weighted by molar-refractivity contribution is -0.159. The Hall–Kier alpha value is -1.90. The number of rotatable bonds is 10. The molecule has 0 spiro atoms. The number of aliphatic hydroxyl groups excluding tert-OH is 1. The smallest absolute Gasteiger partial charge is 0.414 e. The van der Waals surface area contributed by atoms with Gasteiger partial charge in [-0.05, 0) is 37.8 Å². The molecule has 1 rings (SSSR count). The summed E-state index contributed by atoms with van der Waals surface area (Å²) >= 11 is 0. The van der Waals surface area contributed by atoms with Crippen molar-refractivity contribution in [2.24, 2.45) is 5.92 Å². The first-order valence-corrected chi connectivity index (χ1v) is 8.20. The lowest BCUT2D eigenvalue weighted by Crippen LogP contribution is -2.36. The summed E-state index contributed by atoms with van der Waals surface area (Å²) in [4.78, 5) is 18.2. The third-order valence-corrected chi connectivity index (χ3v) is 3.20. The quantitative estimate of drug-likeness (QED) is 0.465. The van der Waals surface area contributed by atoms with E-state index >= 15 is 0 Å². The number of furan rings is 1. The molecule has 0 radical (unpaired) electrons. The van der Waals surface area contributed by atoms with Crippen LogP contribution >= 0.6 is 0 Å². The Balaban J connectivity index is 0.000000823. The van der Waals surface area contributed by atoms with Crippen LogP contribution in [0.2, 0.25) is 0 Å². The summed E-state index contributed by atoms with van der Waals surface area (Å²) in [6.07, 6.45) is 3.49. The summed E-state index contributed by atoms with van der Waals surface area (Å²) in [6, 6.07) is 4.12. The van der Waals surface area contributed by atoms with Crippen molar-refractivity contribution in [2.45, 2.75) is 52.4 Å². The topological polar surface area (TPSA) is 129 Å². The van der Waals surface area contributed by atoms with Crippen molar-refractivity contribution < 1.29 is 34.1 Å². The Labute approximate surface area is 147 Å². The second-order valence-electron chi connectivity index (χ2n) is 6.14. The molecule has 0 aliphatic carbocycles. The van der Waals surface area contributed by atoms with Gasteiger partial charge in [0.15, 0.2) is 0 Å². The second-order valence-corrected chi connectivity index (χ2v) is 6.14. The van der Waals surface area contributed by atoms with E-state index in [1.54, 1.807) is 6.26 Å². The molecule has 1 aromatic rings. The molecule has 144 valence electrons. The molecule has 1 heterocycles. The number of nitrogens with one attached hydrogen (secondary N) is 1. The Morgan fingerprint density at radius 3 is 2.32 bits per heavy atom. The highest BCUT2D eigenvalue weighted by molar-refractivity contribution is 6.27. The van der Waals surface area contributed by atoms with E-state index in [0.29, 0.717) is 25.8 Å². The van der Waals surface area contributed by atoms with Crippen LogP contribution < -0.4 is 5.32 Å². The lowest BCUT2D eigenvalue weighted by atomic mass is 10.0. The van der Waals surface area contributed by atoms with Gasteiger partial charge in [-0.3, -0.25) is 0 Å². The Morgan fingerprint density at radius 2 is 1.84 bits per heavy atom. The van der Waals surface area contributed by atoms with E-state index in [1.807, 2.05) is 12.1 Å². The standard InChI is InChI=1S/C15H27NO3.C2H2O4/c1-12(2)6-7-13(3)16-9-14(17)10-18-11-15-5-4-8-19-15;3-1(4)2(5)6/h4-5,8,12-14,16-17H,6-7,9-11H2,1-3H3;(H,3,4)(H,5,6). The maximum atomic E-state index is 9.79. The zero-order valence-corrected chi connectivity index (χ0v) is 15.0. The van der Waals surface area contributed by atoms with E-state index in [4.69, 9.17) is 29.0 Å². The van der Waals surface area contributed by atoms with Gasteiger partial charge in [-0.1, -0.05) is 13.8 Å². The van der Waals surface area contributed by atoms with E-state index in [0.717, 1.165) is 18.1 Å². The van der Waals surface area contributed by atoms with E-state index in [-0.39, 0.29) is 0 Å². The molecule has 25 heavy (non-hydrogen) atoms. The second kappa shape index (κ2) is 13.4. The third-order valence-electron chi connectivity index (χ3n) is 3.20. The molecule has 0 bridgehead atoms. The minimum Gasteiger partial charge on any atom is -0.473 e. The van der Waals surface area contributed by atoms with Crippen molar-refractivity contribution in [1.82, 2.24) is 5.32 Å². The van der Waals surface area contributed by atoms with Gasteiger partial charge in [0.05, 0.1) is 19.0 Å². The molecule has 1 aromatic heterocycles. The summed E-state index contributed by atoms with van der Waals surface area (Å²) in [7, 11) is 0. The largest absolute Gasteiger partial charge is 0.473 e. The third kappa shape index (κ3) is 14.2. The van der Waals surface area contributed by atoms with Gasteiger partial charge in [0.1, 0.15) is 12.4 Å². The van der Waals surface area contributed by atoms with Crippen LogP contribution in [0.3, 0.4) is 0 Å². The number of aliphatic hydroxyl groups is 1. The maximum Gasteiger partial charge on any atom is 0.414 e. The van der Waals surface area contributed by atoms with Gasteiger partial charge in [-0.15, -0.1) is 0 Å². The van der Waals surface area contributed by atoms with Gasteiger partial charge in [0.2, 0.25) is 0 Å². The van der Waals surface area contributed by atoms with Crippen molar-refractivity contribution >= 4 is 11.9 Å². The number of carboxylic acid groups (broad SMARTS) is 2. The molecular weight excluding hydrogens is 330 g/mol. The molecule has 0 saturated heterocycles. The molecule has 0 fully saturated rings. The van der Waals surface area contributed by atoms with Crippen molar-refractivity contribution in [2.75, 3.05) is 13.2 Å². The molecule has 0 aromatic carbocycles. The lowest BCUT2D eigenvalue weighted by Gasteiger charge is -2.17. The van der Waals surface area contributed by atoms with Crippen LogP contribution in [0.15, 0.2) is 22.8 Å². The highest BCUT2D eigenvalue weighted by atomic mass is 16.5. The molecule has 8 heteroatoms. The SMILES string of the molecule is CC(C)CCC(C)NCC(O)COCc1ccco1.O=C(O)C(=O)O. The van der Waals surface area contributed by atoms with Crippen LogP contribution in [0.4, 0.5) is 0 Å². The van der Waals surface area contributed by atoms with Crippen molar-refractivity contribution in [3.8, 4) is 0 Å². The van der Waals surface area contributed by atoms with Crippen molar-refractivity contribution in [3.63, 3.8) is 0 Å². The molecule has 4 N–H and O–H groups in total. The number of hydrogen-bond donors (Lipinski definition) is 4. The first-order valence-electron chi connectivity index (χ1n) is 8.20. The van der Waals surface area contributed by atoms with Crippen molar-refractivity contribution in [1.29, 1.82) is 0 Å². The fraction of sp³-hybridized carbons (Fsp3) is 0.647. The van der Waals surface area contributed by atoms with Gasteiger partial charge in [-0.25, -0.2) is 9.59 Å². The monoisotopic (exact) mass is 359 g/mol. The Morgan fingerprint density at radius 1 is 1.20 bits per heavy atom. The Bertz CT molecular complexity index is 461. The molecule has 0 aliphatic heterocycles. The summed E-state index contributed by atoms with van der Waals surface area (Å²) in [5, 5.41) is 27.9. The van der Waals surface area contributed by atoms with E-state index in [2.05, 4.69) is 26.1 Å². The average molecular weight is 359 g/mol. The van der Waals surface area contributed by atoms with Crippen LogP contribution in [0.1, 0.15) is 39.4 Å². The van der Waals surface area contributed by atoms with Gasteiger partial charge < -0.3 is 29.8 Å². The number of aliphatic carboxylic acids is 2. The van der Waals surface area contributed by atoms with Crippen LogP contribution in [0.25, 0.3) is 0 Å². The zero-order chi connectivity index (χ0) is 19.2. The highest BCUT2D eigenvalue weighted by Gasteiger charge is 2.08. The fourth-order valence-corrected chi connectivity index (χ4v) is 1.77. The number of carboxylic acids is 2. The summed E-state index contributed by atoms with van der Waals surface area (Å²) < 4.78 is 10.5. The predicted molar refractivity (Wildman–Crippen MR) is 91.2 cm³/mol. The molecule has 0 saturated carbocycles. The predicted octanol–water partition coefficient (Wildman–Crippen LogP) is 1.73. The van der Waals surface area contributed by atoms with Crippen LogP contribution in [0, 0.1) is 5.92 Å². The normalized spacial score (nSPS) is 13.0. The average Bonchev–Trinajstić information content (AvgIpc) is 3.04. The molecule has 8 nitrogen and oxygen atoms in total. The van der Waals surface area contributed by atoms with Crippen LogP contribution in [-0.2, 0) is 20.9 Å². The van der Waals surface area contributed by atoms with Gasteiger partial charge in [0, 0.05) is 12.6 Å². The summed E-state index contributed by atoms with van der Waals surface area (Å²) in [6.45, 7) is 7.90. The minimum absolute atomic E-state index is 0.324. The Kier molecular flexibility index (Phi) is 12.4. The summed E-state index contributed by atoms with van der Waals surface area (Å²) in [5.74, 6) is -2.14. The number of hydrogen-bond acceptors (Lipinski definition) is 6. The van der Waals surface area contributed by atoms with Gasteiger partial charge in [0.25, 0.3) is 0 Å². The minimum atomic E-state index is -1.82. The van der Waals surface area contributed by atoms with E-state index in [9.17, 15) is 5.11 Å². The van der Waals surface area contributed by atoms with Gasteiger partial charge in [-0.2, -0.15) is 0 Å². The summed E-state index contributed by atoms with van der Waals surface area (Å²) in [5.41, 5.74) is 0. The number of ether oxygens (including phenoxy) is 1. The van der Waals surface area contributed by atoms with E-state index in [1.165, 1.54) is 6.42 Å². The molecule has 2 unspecified atom stereocenters. The van der Waals surface area contributed by atoms with Crippen LogP contribution in [0.5, 0.6) is 0 Å². The molecular formula is C17H29NO7. The zero-order valence-electron chi connectivity index (χ0n) is 15.0. The van der Waals surface area contributed by atoms with E-state index < -0.39 is 18.0 Å². The van der Waals surface area contributed by atoms with Crippen molar-refractivity contribution in [3.05, 3.63) is 24.2 Å². The van der Waals surface area contributed by atoms with Gasteiger partial charge >= 0.3 is 11.9 Å². The molecule has 0 amide bonds. The fourth-order valence-electron chi connectivity index (χ4n) is 1.77. The van der Waals surface area contributed by atoms with Crippen LogP contribution in [-0.4, -0.2) is 52.6 Å². The first-order chi connectivity index (χ1) is 11.7. The molecule has 2 atom stereocenters. The highest BCUT2D eigenvalue weighted by Crippen LogP contribution is 2.06.